The van der Waals surface area contributed by atoms with Crippen LogP contribution in [0.5, 0.6) is 0 Å². The number of nitrogens with zero attached hydrogens (tertiary/aromatic N) is 1. The Hall–Kier alpha value is -0.870. The maximum Gasteiger partial charge on any atom is 0.261 e. The lowest BCUT2D eigenvalue weighted by Crippen LogP contribution is -2.34. The Morgan fingerprint density at radius 3 is 2.50 bits per heavy atom. The Morgan fingerprint density at radius 2 is 2.00 bits per heavy atom. The molecule has 0 fully saturated rings. The number of aryl methyl sites for hydroxylation is 2. The molecule has 18 heavy (non-hydrogen) atoms. The minimum Gasteiger partial charge on any atom is -0.350 e. The second kappa shape index (κ2) is 7.54. The number of likely N-dealkylation sites (N-methyl/N-ethyl adjacent to an activating group) is 1. The molecule has 0 aliphatic rings. The average Bonchev–Trinajstić information content (AvgIpc) is 2.76. The molecule has 1 heterocycles. The van der Waals surface area contributed by atoms with Crippen molar-refractivity contribution in [1.29, 1.82) is 0 Å². The fraction of sp³-hybridized carbons (Fsp3) is 0.643. The molecular formula is C14H24N2OS. The largest absolute Gasteiger partial charge is 0.350 e. The molecule has 0 saturated carbocycles. The number of carbonyl (C=O) groups is 1. The molecule has 0 unspecified atom stereocenters. The molecule has 0 bridgehead atoms. The van der Waals surface area contributed by atoms with Crippen molar-refractivity contribution in [3.63, 3.8) is 0 Å². The van der Waals surface area contributed by atoms with Crippen LogP contribution in [0.1, 0.15) is 40.9 Å². The molecule has 0 aliphatic heterocycles. The molecule has 1 rings (SSSR count). The zero-order valence-corrected chi connectivity index (χ0v) is 12.7. The molecule has 1 aromatic rings. The summed E-state index contributed by atoms with van der Waals surface area (Å²) in [6.45, 7) is 12.2. The van der Waals surface area contributed by atoms with Gasteiger partial charge < -0.3 is 10.2 Å². The fourth-order valence-electron chi connectivity index (χ4n) is 1.94. The van der Waals surface area contributed by atoms with Crippen LogP contribution in [0.2, 0.25) is 0 Å². The lowest BCUT2D eigenvalue weighted by molar-refractivity contribution is 0.0953. The van der Waals surface area contributed by atoms with E-state index in [2.05, 4.69) is 37.9 Å². The third-order valence-corrected chi connectivity index (χ3v) is 4.32. The van der Waals surface area contributed by atoms with Gasteiger partial charge in [0.1, 0.15) is 0 Å². The molecule has 102 valence electrons. The van der Waals surface area contributed by atoms with Crippen LogP contribution in [0.25, 0.3) is 0 Å². The van der Waals surface area contributed by atoms with Gasteiger partial charge in [0.2, 0.25) is 0 Å². The summed E-state index contributed by atoms with van der Waals surface area (Å²) < 4.78 is 0. The highest BCUT2D eigenvalue weighted by molar-refractivity contribution is 7.14. The van der Waals surface area contributed by atoms with E-state index in [0.717, 1.165) is 37.5 Å². The van der Waals surface area contributed by atoms with Crippen molar-refractivity contribution in [1.82, 2.24) is 10.2 Å². The van der Waals surface area contributed by atoms with Crippen LogP contribution >= 0.6 is 11.3 Å². The summed E-state index contributed by atoms with van der Waals surface area (Å²) in [5.74, 6) is 0.0648. The van der Waals surface area contributed by atoms with Crippen molar-refractivity contribution in [3.05, 3.63) is 21.4 Å². The summed E-state index contributed by atoms with van der Waals surface area (Å²) in [6.07, 6.45) is 0.995. The summed E-state index contributed by atoms with van der Waals surface area (Å²) >= 11 is 1.59. The second-order valence-corrected chi connectivity index (χ2v) is 5.58. The summed E-state index contributed by atoms with van der Waals surface area (Å²) in [6, 6.07) is 2.02. The van der Waals surface area contributed by atoms with Crippen LogP contribution in [0, 0.1) is 6.92 Å². The molecule has 4 heteroatoms. The summed E-state index contributed by atoms with van der Waals surface area (Å²) in [5, 5.41) is 2.99. The third kappa shape index (κ3) is 4.10. The van der Waals surface area contributed by atoms with Crippen molar-refractivity contribution in [2.24, 2.45) is 0 Å². The van der Waals surface area contributed by atoms with Gasteiger partial charge in [-0.15, -0.1) is 11.3 Å². The van der Waals surface area contributed by atoms with Gasteiger partial charge in [0, 0.05) is 18.0 Å². The Morgan fingerprint density at radius 1 is 1.33 bits per heavy atom. The van der Waals surface area contributed by atoms with Crippen molar-refractivity contribution in [3.8, 4) is 0 Å². The molecular weight excluding hydrogens is 244 g/mol. The minimum atomic E-state index is 0.0648. The quantitative estimate of drug-likeness (QED) is 0.824. The van der Waals surface area contributed by atoms with Crippen molar-refractivity contribution >= 4 is 17.2 Å². The van der Waals surface area contributed by atoms with E-state index in [-0.39, 0.29) is 5.91 Å². The highest BCUT2D eigenvalue weighted by atomic mass is 32.1. The van der Waals surface area contributed by atoms with Gasteiger partial charge in [0.15, 0.2) is 0 Å². The minimum absolute atomic E-state index is 0.0648. The molecule has 0 aliphatic carbocycles. The summed E-state index contributed by atoms with van der Waals surface area (Å²) in [5.41, 5.74) is 1.29. The first kappa shape index (κ1) is 15.2. The Balaban J connectivity index is 2.45. The third-order valence-electron chi connectivity index (χ3n) is 3.23. The molecule has 1 aromatic heterocycles. The van der Waals surface area contributed by atoms with Crippen LogP contribution in [-0.2, 0) is 6.42 Å². The standard InChI is InChI=1S/C14H24N2OS/c1-5-12-10-13(18-11(12)4)14(17)15-8-9-16(6-2)7-3/h10H,5-9H2,1-4H3,(H,15,17). The first-order valence-corrected chi connectivity index (χ1v) is 7.53. The number of nitrogens with one attached hydrogen (secondary N) is 1. The van der Waals surface area contributed by atoms with Gasteiger partial charge in [0.05, 0.1) is 4.88 Å². The normalized spacial score (nSPS) is 10.9. The van der Waals surface area contributed by atoms with Crippen molar-refractivity contribution in [2.75, 3.05) is 26.2 Å². The van der Waals surface area contributed by atoms with E-state index in [1.165, 1.54) is 10.4 Å². The Kier molecular flexibility index (Phi) is 6.36. The van der Waals surface area contributed by atoms with E-state index < -0.39 is 0 Å². The highest BCUT2D eigenvalue weighted by Gasteiger charge is 2.11. The van der Waals surface area contributed by atoms with Gasteiger partial charge in [-0.05, 0) is 38.1 Å². The van der Waals surface area contributed by atoms with E-state index in [4.69, 9.17) is 0 Å². The van der Waals surface area contributed by atoms with E-state index in [0.29, 0.717) is 0 Å². The van der Waals surface area contributed by atoms with E-state index in [1.807, 2.05) is 6.07 Å². The number of amides is 1. The van der Waals surface area contributed by atoms with Crippen LogP contribution in [0.4, 0.5) is 0 Å². The smallest absolute Gasteiger partial charge is 0.261 e. The summed E-state index contributed by atoms with van der Waals surface area (Å²) in [7, 11) is 0. The first-order valence-electron chi connectivity index (χ1n) is 6.72. The maximum atomic E-state index is 12.0. The molecule has 3 nitrogen and oxygen atoms in total. The highest BCUT2D eigenvalue weighted by Crippen LogP contribution is 2.21. The topological polar surface area (TPSA) is 32.3 Å². The van der Waals surface area contributed by atoms with Gasteiger partial charge in [-0.2, -0.15) is 0 Å². The molecule has 0 atom stereocenters. The molecule has 1 amide bonds. The fourth-order valence-corrected chi connectivity index (χ4v) is 2.97. The Bertz CT molecular complexity index is 383. The van der Waals surface area contributed by atoms with Crippen molar-refractivity contribution < 1.29 is 4.79 Å². The van der Waals surface area contributed by atoms with Crippen LogP contribution in [-0.4, -0.2) is 37.0 Å². The van der Waals surface area contributed by atoms with Gasteiger partial charge >= 0.3 is 0 Å². The van der Waals surface area contributed by atoms with Gasteiger partial charge in [-0.3, -0.25) is 4.79 Å². The predicted molar refractivity (Wildman–Crippen MR) is 78.6 cm³/mol. The zero-order valence-electron chi connectivity index (χ0n) is 11.9. The number of thiophene rings is 1. The number of rotatable bonds is 7. The Labute approximate surface area is 114 Å². The lowest BCUT2D eigenvalue weighted by atomic mass is 10.2. The van der Waals surface area contributed by atoms with Crippen LogP contribution in [0.15, 0.2) is 6.07 Å². The van der Waals surface area contributed by atoms with E-state index in [9.17, 15) is 4.79 Å². The number of hydrogen-bond donors (Lipinski definition) is 1. The second-order valence-electron chi connectivity index (χ2n) is 4.33. The molecule has 0 radical (unpaired) electrons. The van der Waals surface area contributed by atoms with Crippen molar-refractivity contribution in [2.45, 2.75) is 34.1 Å². The zero-order chi connectivity index (χ0) is 13.5. The molecule has 1 N–H and O–H groups in total. The summed E-state index contributed by atoms with van der Waals surface area (Å²) in [4.78, 5) is 16.4. The monoisotopic (exact) mass is 268 g/mol. The molecule has 0 spiro atoms. The van der Waals surface area contributed by atoms with Gasteiger partial charge in [-0.1, -0.05) is 20.8 Å². The van der Waals surface area contributed by atoms with E-state index in [1.54, 1.807) is 11.3 Å². The number of carbonyl (C=O) groups excluding carboxylic acids is 1. The van der Waals surface area contributed by atoms with E-state index >= 15 is 0 Å². The van der Waals surface area contributed by atoms with Gasteiger partial charge in [0.25, 0.3) is 5.91 Å². The average molecular weight is 268 g/mol. The SMILES string of the molecule is CCc1cc(C(=O)NCCN(CC)CC)sc1C. The molecule has 0 aromatic carbocycles. The first-order chi connectivity index (χ1) is 8.62. The maximum absolute atomic E-state index is 12.0. The molecule has 0 saturated heterocycles. The van der Waals surface area contributed by atoms with Gasteiger partial charge in [-0.25, -0.2) is 0 Å². The van der Waals surface area contributed by atoms with Crippen LogP contribution in [0.3, 0.4) is 0 Å². The number of hydrogen-bond acceptors (Lipinski definition) is 3. The predicted octanol–water partition coefficient (Wildman–Crippen LogP) is 2.69. The van der Waals surface area contributed by atoms with Crippen LogP contribution < -0.4 is 5.32 Å². The lowest BCUT2D eigenvalue weighted by Gasteiger charge is -2.17.